The number of aromatic nitrogens is 1. The van der Waals surface area contributed by atoms with E-state index in [-0.39, 0.29) is 17.4 Å². The molecule has 4 rings (SSSR count). The van der Waals surface area contributed by atoms with Crippen LogP contribution in [0, 0.1) is 11.3 Å². The first kappa shape index (κ1) is 29.1. The standard InChI is InChI=1S/C35H42N2O3/c1-7-24(2)23-39-30-15-11-26(12-16-30)19-25(3)37-34(38)33-21-28-20-32(17-13-27(28)22-36-33)40-31-10-8-9-29(14-18-31)35(4,5)6/h9-18,20-22,24-25H,7-8,19,23H2,1-6H3,(H,37,38)/t24?,25-/m1/s1. The zero-order valence-electron chi connectivity index (χ0n) is 24.7. The molecule has 0 radical (unpaired) electrons. The van der Waals surface area contributed by atoms with Crippen LogP contribution < -0.4 is 14.8 Å². The van der Waals surface area contributed by atoms with Crippen LogP contribution in [0.25, 0.3) is 10.8 Å². The fourth-order valence-corrected chi connectivity index (χ4v) is 4.47. The third-order valence-corrected chi connectivity index (χ3v) is 7.19. The second kappa shape index (κ2) is 13.0. The number of benzene rings is 2. The molecule has 0 saturated heterocycles. The molecule has 0 aliphatic heterocycles. The van der Waals surface area contributed by atoms with Gasteiger partial charge in [0.25, 0.3) is 5.91 Å². The molecule has 1 unspecified atom stereocenters. The summed E-state index contributed by atoms with van der Waals surface area (Å²) >= 11 is 0. The predicted molar refractivity (Wildman–Crippen MR) is 164 cm³/mol. The summed E-state index contributed by atoms with van der Waals surface area (Å²) in [5.41, 5.74) is 2.91. The Morgan fingerprint density at radius 3 is 2.45 bits per heavy atom. The van der Waals surface area contributed by atoms with Crippen molar-refractivity contribution in [2.24, 2.45) is 11.3 Å². The van der Waals surface area contributed by atoms with Crippen LogP contribution in [0.3, 0.4) is 0 Å². The van der Waals surface area contributed by atoms with Crippen LogP contribution in [-0.2, 0) is 6.42 Å². The lowest BCUT2D eigenvalue weighted by Crippen LogP contribution is -2.34. The van der Waals surface area contributed by atoms with Crippen molar-refractivity contribution in [1.29, 1.82) is 0 Å². The molecule has 5 nitrogen and oxygen atoms in total. The average Bonchev–Trinajstić information content (AvgIpc) is 3.18. The number of fused-ring (bicyclic) bond motifs is 1. The summed E-state index contributed by atoms with van der Waals surface area (Å²) in [6, 6.07) is 15.8. The lowest BCUT2D eigenvalue weighted by atomic mass is 9.86. The van der Waals surface area contributed by atoms with Crippen LogP contribution in [-0.4, -0.2) is 23.5 Å². The summed E-state index contributed by atoms with van der Waals surface area (Å²) < 4.78 is 12.0. The van der Waals surface area contributed by atoms with E-state index < -0.39 is 0 Å². The molecule has 1 aromatic heterocycles. The lowest BCUT2D eigenvalue weighted by molar-refractivity contribution is 0.0935. The number of carbonyl (C=O) groups is 1. The van der Waals surface area contributed by atoms with Crippen LogP contribution in [0.5, 0.6) is 11.5 Å². The molecule has 1 heterocycles. The molecule has 3 aromatic rings. The summed E-state index contributed by atoms with van der Waals surface area (Å²) in [5.74, 6) is 2.76. The molecule has 40 heavy (non-hydrogen) atoms. The minimum absolute atomic E-state index is 0.0490. The highest BCUT2D eigenvalue weighted by Crippen LogP contribution is 2.30. The highest BCUT2D eigenvalue weighted by molar-refractivity contribution is 5.96. The smallest absolute Gasteiger partial charge is 0.270 e. The summed E-state index contributed by atoms with van der Waals surface area (Å²) in [7, 11) is 0. The number of ether oxygens (including phenoxy) is 2. The van der Waals surface area contributed by atoms with Gasteiger partial charge in [-0.25, -0.2) is 0 Å². The SMILES string of the molecule is CCC(C)COc1ccc(C[C@@H](C)NC(=O)c2cc3cc(OC4=CCC=C(C(C)(C)C)C=C4)ccc3cn2)cc1. The van der Waals surface area contributed by atoms with Crippen molar-refractivity contribution < 1.29 is 14.3 Å². The van der Waals surface area contributed by atoms with E-state index in [2.05, 4.69) is 75.3 Å². The Bertz CT molecular complexity index is 1410. The van der Waals surface area contributed by atoms with E-state index in [4.69, 9.17) is 9.47 Å². The Kier molecular flexibility index (Phi) is 9.46. The van der Waals surface area contributed by atoms with Crippen LogP contribution in [0.15, 0.2) is 90.4 Å². The molecule has 0 saturated carbocycles. The Labute approximate surface area is 239 Å². The van der Waals surface area contributed by atoms with Gasteiger partial charge in [0.05, 0.1) is 6.61 Å². The van der Waals surface area contributed by atoms with Crippen LogP contribution in [0.2, 0.25) is 0 Å². The number of hydrogen-bond acceptors (Lipinski definition) is 4. The van der Waals surface area contributed by atoms with E-state index in [0.717, 1.165) is 59.5 Å². The molecular formula is C35H42N2O3. The van der Waals surface area contributed by atoms with E-state index in [1.165, 1.54) is 5.57 Å². The van der Waals surface area contributed by atoms with Gasteiger partial charge in [0.2, 0.25) is 0 Å². The molecule has 1 N–H and O–H groups in total. The van der Waals surface area contributed by atoms with Crippen LogP contribution >= 0.6 is 0 Å². The molecule has 1 aliphatic carbocycles. The summed E-state index contributed by atoms with van der Waals surface area (Å²) in [4.78, 5) is 17.4. The summed E-state index contributed by atoms with van der Waals surface area (Å²) in [6.07, 6.45) is 12.9. The summed E-state index contributed by atoms with van der Waals surface area (Å²) in [6.45, 7) is 13.7. The molecule has 0 bridgehead atoms. The van der Waals surface area contributed by atoms with Crippen molar-refractivity contribution in [3.63, 3.8) is 0 Å². The number of nitrogens with one attached hydrogen (secondary N) is 1. The van der Waals surface area contributed by atoms with Gasteiger partial charge in [0.15, 0.2) is 0 Å². The maximum atomic E-state index is 13.0. The monoisotopic (exact) mass is 538 g/mol. The topological polar surface area (TPSA) is 60.5 Å². The van der Waals surface area contributed by atoms with Gasteiger partial charge in [0, 0.05) is 17.6 Å². The molecule has 1 amide bonds. The molecule has 1 aliphatic rings. The number of allylic oxidation sites excluding steroid dienone is 5. The third-order valence-electron chi connectivity index (χ3n) is 7.19. The van der Waals surface area contributed by atoms with Crippen LogP contribution in [0.1, 0.15) is 70.4 Å². The van der Waals surface area contributed by atoms with Gasteiger partial charge in [-0.2, -0.15) is 0 Å². The number of hydrogen-bond donors (Lipinski definition) is 1. The Morgan fingerprint density at radius 2 is 1.73 bits per heavy atom. The number of rotatable bonds is 10. The maximum Gasteiger partial charge on any atom is 0.270 e. The zero-order valence-corrected chi connectivity index (χ0v) is 24.7. The largest absolute Gasteiger partial charge is 0.493 e. The molecule has 5 heteroatoms. The van der Waals surface area contributed by atoms with Crippen LogP contribution in [0.4, 0.5) is 0 Å². The van der Waals surface area contributed by atoms with Crippen molar-refractivity contribution in [2.45, 2.75) is 66.8 Å². The second-order valence-corrected chi connectivity index (χ2v) is 11.8. The van der Waals surface area contributed by atoms with E-state index in [1.54, 1.807) is 6.20 Å². The van der Waals surface area contributed by atoms with Crippen molar-refractivity contribution in [3.05, 3.63) is 102 Å². The highest BCUT2D eigenvalue weighted by Gasteiger charge is 2.16. The number of amides is 1. The quantitative estimate of drug-likeness (QED) is 0.282. The first-order chi connectivity index (χ1) is 19.1. The van der Waals surface area contributed by atoms with E-state index in [1.807, 2.05) is 49.4 Å². The van der Waals surface area contributed by atoms with E-state index >= 15 is 0 Å². The van der Waals surface area contributed by atoms with Crippen molar-refractivity contribution in [1.82, 2.24) is 10.3 Å². The van der Waals surface area contributed by atoms with Gasteiger partial charge in [-0.15, -0.1) is 0 Å². The second-order valence-electron chi connectivity index (χ2n) is 11.8. The number of carbonyl (C=O) groups excluding carboxylic acids is 1. The van der Waals surface area contributed by atoms with Gasteiger partial charge in [-0.05, 0) is 96.2 Å². The minimum Gasteiger partial charge on any atom is -0.493 e. The maximum absolute atomic E-state index is 13.0. The molecule has 0 fully saturated rings. The Morgan fingerprint density at radius 1 is 0.975 bits per heavy atom. The Balaban J connectivity index is 1.37. The van der Waals surface area contributed by atoms with Crippen molar-refractivity contribution in [3.8, 4) is 11.5 Å². The van der Waals surface area contributed by atoms with Crippen molar-refractivity contribution >= 4 is 16.7 Å². The number of pyridine rings is 1. The molecule has 2 aromatic carbocycles. The van der Waals surface area contributed by atoms with E-state index in [0.29, 0.717) is 11.6 Å². The minimum atomic E-state index is -0.190. The molecule has 2 atom stereocenters. The lowest BCUT2D eigenvalue weighted by Gasteiger charge is -2.19. The molecule has 210 valence electrons. The first-order valence-electron chi connectivity index (χ1n) is 14.3. The summed E-state index contributed by atoms with van der Waals surface area (Å²) in [5, 5.41) is 4.95. The van der Waals surface area contributed by atoms with Gasteiger partial charge in [-0.1, -0.05) is 65.3 Å². The normalized spacial score (nSPS) is 15.1. The average molecular weight is 539 g/mol. The third kappa shape index (κ3) is 8.08. The highest BCUT2D eigenvalue weighted by atomic mass is 16.5. The predicted octanol–water partition coefficient (Wildman–Crippen LogP) is 8.22. The molecule has 0 spiro atoms. The van der Waals surface area contributed by atoms with Gasteiger partial charge < -0.3 is 14.8 Å². The fourth-order valence-electron chi connectivity index (χ4n) is 4.47. The van der Waals surface area contributed by atoms with Gasteiger partial charge in [-0.3, -0.25) is 9.78 Å². The van der Waals surface area contributed by atoms with Gasteiger partial charge >= 0.3 is 0 Å². The zero-order chi connectivity index (χ0) is 28.7. The van der Waals surface area contributed by atoms with Crippen molar-refractivity contribution in [2.75, 3.05) is 6.61 Å². The van der Waals surface area contributed by atoms with E-state index in [9.17, 15) is 4.79 Å². The van der Waals surface area contributed by atoms with Gasteiger partial charge in [0.1, 0.15) is 23.0 Å². The molecular weight excluding hydrogens is 496 g/mol. The fraction of sp³-hybridized carbons (Fsp3) is 0.371. The first-order valence-corrected chi connectivity index (χ1v) is 14.3. The Hall–Kier alpha value is -3.86. The number of nitrogens with zero attached hydrogens (tertiary/aromatic N) is 1.